The van der Waals surface area contributed by atoms with E-state index in [9.17, 15) is 4.79 Å². The Morgan fingerprint density at radius 2 is 1.81 bits per heavy atom. The average molecular weight is 310 g/mol. The van der Waals surface area contributed by atoms with Crippen LogP contribution in [0.3, 0.4) is 0 Å². The zero-order valence-electron chi connectivity index (χ0n) is 11.3. The normalized spacial score (nSPS) is 10.0. The van der Waals surface area contributed by atoms with Crippen molar-refractivity contribution in [3.63, 3.8) is 0 Å². The molecule has 0 aliphatic heterocycles. The molecule has 0 saturated heterocycles. The van der Waals surface area contributed by atoms with Crippen molar-refractivity contribution in [1.29, 1.82) is 0 Å². The summed E-state index contributed by atoms with van der Waals surface area (Å²) in [4.78, 5) is 23.9. The predicted octanol–water partition coefficient (Wildman–Crippen LogP) is 1.38. The Hall–Kier alpha value is -2.61. The van der Waals surface area contributed by atoms with Crippen molar-refractivity contribution in [1.82, 2.24) is 15.0 Å². The molecule has 0 unspecified atom stereocenters. The van der Waals surface area contributed by atoms with Gasteiger partial charge in [0.05, 0.1) is 25.3 Å². The van der Waals surface area contributed by atoms with E-state index in [1.165, 1.54) is 32.4 Å². The van der Waals surface area contributed by atoms with Gasteiger partial charge < -0.3 is 15.2 Å². The van der Waals surface area contributed by atoms with E-state index in [-0.39, 0.29) is 34.2 Å². The van der Waals surface area contributed by atoms with Crippen molar-refractivity contribution in [2.24, 2.45) is 0 Å². The molecule has 0 bridgehead atoms. The number of anilines is 2. The Kier molecular flexibility index (Phi) is 4.39. The molecular formula is C12H12ClN5O3. The van der Waals surface area contributed by atoms with E-state index < -0.39 is 5.91 Å². The van der Waals surface area contributed by atoms with E-state index in [0.29, 0.717) is 0 Å². The number of nitrogen functional groups attached to an aromatic ring is 1. The topological polar surface area (TPSA) is 112 Å². The fraction of sp³-hybridized carbons (Fsp3) is 0.167. The van der Waals surface area contributed by atoms with Crippen LogP contribution in [0.2, 0.25) is 5.02 Å². The summed E-state index contributed by atoms with van der Waals surface area (Å²) in [6.45, 7) is 0. The SMILES string of the molecule is COc1cc(OC)nc(NC(=O)c2nc(N)ccc2Cl)n1. The second-order valence-corrected chi connectivity index (χ2v) is 4.20. The summed E-state index contributed by atoms with van der Waals surface area (Å²) >= 11 is 5.91. The number of carbonyl (C=O) groups excluding carboxylic acids is 1. The maximum absolute atomic E-state index is 12.1. The number of hydrogen-bond acceptors (Lipinski definition) is 7. The zero-order chi connectivity index (χ0) is 15.4. The van der Waals surface area contributed by atoms with Crippen LogP contribution < -0.4 is 20.5 Å². The van der Waals surface area contributed by atoms with Crippen molar-refractivity contribution < 1.29 is 14.3 Å². The molecule has 3 N–H and O–H groups in total. The van der Waals surface area contributed by atoms with E-state index >= 15 is 0 Å². The molecule has 9 heteroatoms. The third kappa shape index (κ3) is 3.48. The highest BCUT2D eigenvalue weighted by molar-refractivity contribution is 6.34. The van der Waals surface area contributed by atoms with Gasteiger partial charge in [-0.1, -0.05) is 11.6 Å². The molecule has 8 nitrogen and oxygen atoms in total. The molecule has 2 aromatic heterocycles. The third-order valence-electron chi connectivity index (χ3n) is 2.41. The fourth-order valence-corrected chi connectivity index (χ4v) is 1.64. The van der Waals surface area contributed by atoms with Gasteiger partial charge in [0.25, 0.3) is 5.91 Å². The minimum atomic E-state index is -0.595. The number of ether oxygens (including phenoxy) is 2. The molecule has 0 atom stereocenters. The first-order chi connectivity index (χ1) is 10.0. The van der Waals surface area contributed by atoms with Crippen LogP contribution in [-0.2, 0) is 0 Å². The minimum Gasteiger partial charge on any atom is -0.481 e. The van der Waals surface area contributed by atoms with Crippen LogP contribution in [0.4, 0.5) is 11.8 Å². The van der Waals surface area contributed by atoms with Crippen LogP contribution in [0.15, 0.2) is 18.2 Å². The summed E-state index contributed by atoms with van der Waals surface area (Å²) in [5.41, 5.74) is 5.50. The lowest BCUT2D eigenvalue weighted by Crippen LogP contribution is -2.17. The minimum absolute atomic E-state index is 0.00325. The summed E-state index contributed by atoms with van der Waals surface area (Å²) in [7, 11) is 2.87. The van der Waals surface area contributed by atoms with Crippen molar-refractivity contribution in [2.45, 2.75) is 0 Å². The van der Waals surface area contributed by atoms with Crippen LogP contribution in [0, 0.1) is 0 Å². The summed E-state index contributed by atoms with van der Waals surface area (Å²) in [6, 6.07) is 4.44. The Bertz CT molecular complexity index is 658. The average Bonchev–Trinajstić information content (AvgIpc) is 2.49. The number of nitrogens with one attached hydrogen (secondary N) is 1. The van der Waals surface area contributed by atoms with Crippen LogP contribution in [0.25, 0.3) is 0 Å². The van der Waals surface area contributed by atoms with Gasteiger partial charge >= 0.3 is 0 Å². The van der Waals surface area contributed by atoms with Gasteiger partial charge in [-0.05, 0) is 12.1 Å². The van der Waals surface area contributed by atoms with E-state index in [1.54, 1.807) is 0 Å². The maximum atomic E-state index is 12.1. The molecule has 2 rings (SSSR count). The zero-order valence-corrected chi connectivity index (χ0v) is 12.0. The summed E-state index contributed by atoms with van der Waals surface area (Å²) in [5, 5.41) is 2.62. The van der Waals surface area contributed by atoms with Gasteiger partial charge in [0.2, 0.25) is 17.7 Å². The quantitative estimate of drug-likeness (QED) is 0.877. The number of halogens is 1. The molecule has 2 heterocycles. The van der Waals surface area contributed by atoms with Crippen molar-refractivity contribution >= 4 is 29.3 Å². The molecule has 0 radical (unpaired) electrons. The second kappa shape index (κ2) is 6.23. The number of nitrogens with two attached hydrogens (primary N) is 1. The van der Waals surface area contributed by atoms with Gasteiger partial charge in [-0.25, -0.2) is 4.98 Å². The van der Waals surface area contributed by atoms with Crippen LogP contribution >= 0.6 is 11.6 Å². The van der Waals surface area contributed by atoms with E-state index in [2.05, 4.69) is 20.3 Å². The number of amides is 1. The summed E-state index contributed by atoms with van der Waals surface area (Å²) in [6.07, 6.45) is 0. The molecule has 21 heavy (non-hydrogen) atoms. The molecular weight excluding hydrogens is 298 g/mol. The number of rotatable bonds is 4. The number of methoxy groups -OCH3 is 2. The van der Waals surface area contributed by atoms with Crippen LogP contribution in [0.1, 0.15) is 10.5 Å². The highest BCUT2D eigenvalue weighted by Crippen LogP contribution is 2.19. The number of hydrogen-bond donors (Lipinski definition) is 2. The monoisotopic (exact) mass is 309 g/mol. The van der Waals surface area contributed by atoms with Crippen molar-refractivity contribution in [3.05, 3.63) is 28.9 Å². The first kappa shape index (κ1) is 14.8. The van der Waals surface area contributed by atoms with E-state index in [1.807, 2.05) is 0 Å². The molecule has 0 fully saturated rings. The van der Waals surface area contributed by atoms with Crippen LogP contribution in [0.5, 0.6) is 11.8 Å². The smallest absolute Gasteiger partial charge is 0.278 e. The predicted molar refractivity (Wildman–Crippen MR) is 76.7 cm³/mol. The largest absolute Gasteiger partial charge is 0.481 e. The fourth-order valence-electron chi connectivity index (χ4n) is 1.45. The number of nitrogens with zero attached hydrogens (tertiary/aromatic N) is 3. The number of carbonyl (C=O) groups is 1. The maximum Gasteiger partial charge on any atom is 0.278 e. The van der Waals surface area contributed by atoms with E-state index in [4.69, 9.17) is 26.8 Å². The van der Waals surface area contributed by atoms with Gasteiger partial charge in [0.1, 0.15) is 11.5 Å². The van der Waals surface area contributed by atoms with Crippen LogP contribution in [-0.4, -0.2) is 35.1 Å². The first-order valence-electron chi connectivity index (χ1n) is 5.74. The van der Waals surface area contributed by atoms with Gasteiger partial charge in [-0.3, -0.25) is 10.1 Å². The van der Waals surface area contributed by atoms with Gasteiger partial charge in [0.15, 0.2) is 0 Å². The summed E-state index contributed by atoms with van der Waals surface area (Å²) in [5.74, 6) is 0.0559. The molecule has 0 aliphatic rings. The Morgan fingerprint density at radius 1 is 1.19 bits per heavy atom. The number of aromatic nitrogens is 3. The molecule has 0 spiro atoms. The molecule has 2 aromatic rings. The third-order valence-corrected chi connectivity index (χ3v) is 2.71. The molecule has 0 aromatic carbocycles. The Morgan fingerprint density at radius 3 is 2.38 bits per heavy atom. The second-order valence-electron chi connectivity index (χ2n) is 3.80. The van der Waals surface area contributed by atoms with Gasteiger partial charge in [-0.15, -0.1) is 0 Å². The lowest BCUT2D eigenvalue weighted by atomic mass is 10.3. The highest BCUT2D eigenvalue weighted by Gasteiger charge is 2.15. The van der Waals surface area contributed by atoms with E-state index in [0.717, 1.165) is 0 Å². The van der Waals surface area contributed by atoms with Crippen molar-refractivity contribution in [2.75, 3.05) is 25.3 Å². The molecule has 110 valence electrons. The molecule has 1 amide bonds. The number of pyridine rings is 1. The lowest BCUT2D eigenvalue weighted by molar-refractivity contribution is 0.102. The highest BCUT2D eigenvalue weighted by atomic mass is 35.5. The van der Waals surface area contributed by atoms with Gasteiger partial charge in [-0.2, -0.15) is 9.97 Å². The molecule has 0 saturated carbocycles. The Labute approximate surface area is 125 Å². The first-order valence-corrected chi connectivity index (χ1v) is 6.11. The Balaban J connectivity index is 2.28. The van der Waals surface area contributed by atoms with Crippen molar-refractivity contribution in [3.8, 4) is 11.8 Å². The summed E-state index contributed by atoms with van der Waals surface area (Å²) < 4.78 is 9.97. The molecule has 0 aliphatic carbocycles. The van der Waals surface area contributed by atoms with Gasteiger partial charge in [0, 0.05) is 0 Å². The lowest BCUT2D eigenvalue weighted by Gasteiger charge is -2.08. The standard InChI is InChI=1S/C12H12ClN5O3/c1-20-8-5-9(21-2)17-12(16-8)18-11(19)10-6(13)3-4-7(14)15-10/h3-5H,1-2H3,(H2,14,15)(H,16,17,18,19).